The van der Waals surface area contributed by atoms with E-state index >= 15 is 0 Å². The summed E-state index contributed by atoms with van der Waals surface area (Å²) in [6.07, 6.45) is 4.42. The number of nitrogens with zero attached hydrogens (tertiary/aromatic N) is 3. The Morgan fingerprint density at radius 2 is 2.22 bits per heavy atom. The molecule has 0 atom stereocenters. The number of rotatable bonds is 2. The quantitative estimate of drug-likeness (QED) is 0.786. The molecule has 0 spiro atoms. The Morgan fingerprint density at radius 1 is 1.48 bits per heavy atom. The van der Waals surface area contributed by atoms with Crippen LogP contribution in [0.3, 0.4) is 0 Å². The average molecular weight is 318 g/mol. The minimum Gasteiger partial charge on any atom is -0.483 e. The number of ether oxygens (including phenoxy) is 1. The van der Waals surface area contributed by atoms with Crippen LogP contribution in [0.5, 0.6) is 5.88 Å². The lowest BCUT2D eigenvalue weighted by atomic mass is 10.0. The number of hydrogen-bond donors (Lipinski definition) is 2. The fourth-order valence-electron chi connectivity index (χ4n) is 2.36. The topological polar surface area (TPSA) is 108 Å². The number of likely N-dealkylation sites (N-methyl/N-ethyl adjacent to an activating group) is 1. The molecule has 0 saturated heterocycles. The van der Waals surface area contributed by atoms with Crippen LogP contribution in [-0.4, -0.2) is 58.7 Å². The van der Waals surface area contributed by atoms with E-state index in [0.29, 0.717) is 16.8 Å². The zero-order valence-corrected chi connectivity index (χ0v) is 12.9. The number of carbonyl (C=O) groups is 1. The van der Waals surface area contributed by atoms with Crippen molar-refractivity contribution in [1.29, 1.82) is 0 Å². The number of fused-ring (bicyclic) bond motifs is 1. The summed E-state index contributed by atoms with van der Waals surface area (Å²) >= 11 is 0. The number of pyridine rings is 1. The summed E-state index contributed by atoms with van der Waals surface area (Å²) in [5, 5.41) is 7.40. The van der Waals surface area contributed by atoms with Crippen LogP contribution < -0.4 is 10.3 Å². The van der Waals surface area contributed by atoms with Crippen LogP contribution >= 0.6 is 0 Å². The van der Waals surface area contributed by atoms with Crippen molar-refractivity contribution in [3.63, 3.8) is 0 Å². The minimum absolute atomic E-state index is 0.175. The van der Waals surface area contributed by atoms with Gasteiger partial charge in [0.2, 0.25) is 5.88 Å². The molecule has 0 amide bonds. The van der Waals surface area contributed by atoms with Crippen molar-refractivity contribution in [2.24, 2.45) is 0 Å². The third-order valence-electron chi connectivity index (χ3n) is 3.53. The predicted molar refractivity (Wildman–Crippen MR) is 85.5 cm³/mol. The Kier molecular flexibility index (Phi) is 5.42. The summed E-state index contributed by atoms with van der Waals surface area (Å²) < 4.78 is 5.27. The second-order valence-corrected chi connectivity index (χ2v) is 4.99. The Bertz CT molecular complexity index is 785. The summed E-state index contributed by atoms with van der Waals surface area (Å²) in [7, 11) is 3.62. The first-order valence-corrected chi connectivity index (χ1v) is 6.99. The number of carboxylic acid groups (broad SMARTS) is 1. The van der Waals surface area contributed by atoms with Gasteiger partial charge in [0.1, 0.15) is 5.52 Å². The van der Waals surface area contributed by atoms with E-state index in [2.05, 4.69) is 33.0 Å². The van der Waals surface area contributed by atoms with Gasteiger partial charge in [0.15, 0.2) is 0 Å². The maximum absolute atomic E-state index is 11.9. The molecule has 0 aliphatic carbocycles. The third kappa shape index (κ3) is 3.72. The van der Waals surface area contributed by atoms with Gasteiger partial charge in [-0.15, -0.1) is 0 Å². The van der Waals surface area contributed by atoms with E-state index < -0.39 is 0 Å². The van der Waals surface area contributed by atoms with E-state index in [9.17, 15) is 4.79 Å². The number of aromatic nitrogens is 3. The first-order chi connectivity index (χ1) is 11.1. The highest BCUT2D eigenvalue weighted by atomic mass is 16.5. The molecule has 122 valence electrons. The van der Waals surface area contributed by atoms with Gasteiger partial charge in [-0.3, -0.25) is 9.59 Å². The molecule has 0 bridgehead atoms. The number of methoxy groups -OCH3 is 1. The molecular formula is C15H18N4O4. The summed E-state index contributed by atoms with van der Waals surface area (Å²) in [6, 6.07) is 1.79. The zero-order chi connectivity index (χ0) is 16.8. The summed E-state index contributed by atoms with van der Waals surface area (Å²) in [6.45, 7) is 1.62. The predicted octanol–water partition coefficient (Wildman–Crippen LogP) is 0.746. The molecule has 0 radical (unpaired) electrons. The molecule has 0 fully saturated rings. The van der Waals surface area contributed by atoms with Crippen molar-refractivity contribution in [3.8, 4) is 5.88 Å². The molecule has 8 heteroatoms. The van der Waals surface area contributed by atoms with Gasteiger partial charge in [0.05, 0.1) is 24.5 Å². The van der Waals surface area contributed by atoms with Gasteiger partial charge >= 0.3 is 0 Å². The van der Waals surface area contributed by atoms with Crippen LogP contribution in [-0.2, 0) is 4.79 Å². The first kappa shape index (κ1) is 16.6. The molecule has 1 aliphatic heterocycles. The summed E-state index contributed by atoms with van der Waals surface area (Å²) in [5.74, 6) is 0.392. The van der Waals surface area contributed by atoms with Crippen LogP contribution in [0.25, 0.3) is 16.5 Å². The van der Waals surface area contributed by atoms with E-state index in [1.807, 2.05) is 0 Å². The van der Waals surface area contributed by atoms with Gasteiger partial charge in [-0.1, -0.05) is 6.08 Å². The monoisotopic (exact) mass is 318 g/mol. The van der Waals surface area contributed by atoms with Crippen LogP contribution in [0.4, 0.5) is 0 Å². The second-order valence-electron chi connectivity index (χ2n) is 4.99. The molecule has 2 aromatic heterocycles. The first-order valence-electron chi connectivity index (χ1n) is 6.99. The average Bonchev–Trinajstić information content (AvgIpc) is 2.56. The van der Waals surface area contributed by atoms with Crippen LogP contribution in [0.2, 0.25) is 0 Å². The number of hydrogen-bond acceptors (Lipinski definition) is 6. The molecule has 23 heavy (non-hydrogen) atoms. The van der Waals surface area contributed by atoms with E-state index in [-0.39, 0.29) is 12.0 Å². The van der Waals surface area contributed by atoms with E-state index in [1.54, 1.807) is 6.07 Å². The molecule has 2 aromatic rings. The van der Waals surface area contributed by atoms with Gasteiger partial charge in [-0.25, -0.2) is 9.97 Å². The van der Waals surface area contributed by atoms with Crippen LogP contribution in [0.1, 0.15) is 12.1 Å². The van der Waals surface area contributed by atoms with Crippen molar-refractivity contribution in [3.05, 3.63) is 34.5 Å². The van der Waals surface area contributed by atoms with E-state index in [0.717, 1.165) is 30.8 Å². The fourth-order valence-corrected chi connectivity index (χ4v) is 2.36. The van der Waals surface area contributed by atoms with Crippen molar-refractivity contribution < 1.29 is 14.6 Å². The van der Waals surface area contributed by atoms with Gasteiger partial charge in [-0.05, 0) is 25.1 Å². The highest BCUT2D eigenvalue weighted by molar-refractivity contribution is 5.85. The van der Waals surface area contributed by atoms with Crippen molar-refractivity contribution >= 4 is 22.9 Å². The van der Waals surface area contributed by atoms with Crippen LogP contribution in [0, 0.1) is 0 Å². The maximum atomic E-state index is 11.9. The lowest BCUT2D eigenvalue weighted by molar-refractivity contribution is -0.122. The summed E-state index contributed by atoms with van der Waals surface area (Å²) in [4.78, 5) is 33.7. The molecule has 0 saturated carbocycles. The van der Waals surface area contributed by atoms with Gasteiger partial charge in [-0.2, -0.15) is 0 Å². The largest absolute Gasteiger partial charge is 0.483 e. The zero-order valence-electron chi connectivity index (χ0n) is 12.9. The molecule has 0 aromatic carbocycles. The highest BCUT2D eigenvalue weighted by Gasteiger charge is 2.15. The van der Waals surface area contributed by atoms with E-state index in [4.69, 9.17) is 14.6 Å². The summed E-state index contributed by atoms with van der Waals surface area (Å²) in [5.41, 5.74) is 2.26. The SMILES string of the molecule is COc1nc(C2=CCN(C)CC2)cc2c(=O)[nH]cnc12.O=CO. The van der Waals surface area contributed by atoms with Gasteiger partial charge < -0.3 is 19.7 Å². The molecule has 2 N–H and O–H groups in total. The molecular weight excluding hydrogens is 300 g/mol. The standard InChI is InChI=1S/C14H16N4O2.CH2O2/c1-18-5-3-9(4-6-18)11-7-10-12(14(17-11)20-2)15-8-16-13(10)19;2-1-3/h3,7-8H,4-6H2,1-2H3,(H,15,16,19);1H,(H,2,3). The third-order valence-corrected chi connectivity index (χ3v) is 3.53. The molecule has 0 unspecified atom stereocenters. The smallest absolute Gasteiger partial charge is 0.290 e. The Morgan fingerprint density at radius 3 is 2.83 bits per heavy atom. The Labute approximate surface area is 132 Å². The molecule has 3 heterocycles. The Balaban J connectivity index is 0.000000595. The molecule has 3 rings (SSSR count). The lowest BCUT2D eigenvalue weighted by Gasteiger charge is -2.21. The maximum Gasteiger partial charge on any atom is 0.290 e. The molecule has 1 aliphatic rings. The second kappa shape index (κ2) is 7.50. The minimum atomic E-state index is -0.250. The van der Waals surface area contributed by atoms with Gasteiger partial charge in [0.25, 0.3) is 12.0 Å². The fraction of sp³-hybridized carbons (Fsp3) is 0.333. The van der Waals surface area contributed by atoms with Crippen molar-refractivity contribution in [1.82, 2.24) is 19.9 Å². The Hall–Kier alpha value is -2.74. The van der Waals surface area contributed by atoms with Crippen molar-refractivity contribution in [2.75, 3.05) is 27.2 Å². The van der Waals surface area contributed by atoms with E-state index in [1.165, 1.54) is 13.4 Å². The number of H-pyrrole nitrogens is 1. The van der Waals surface area contributed by atoms with Gasteiger partial charge in [0, 0.05) is 13.1 Å². The number of aromatic amines is 1. The normalized spacial score (nSPS) is 14.6. The van der Waals surface area contributed by atoms with Crippen molar-refractivity contribution in [2.45, 2.75) is 6.42 Å². The lowest BCUT2D eigenvalue weighted by Crippen LogP contribution is -2.24. The number of nitrogens with one attached hydrogen (secondary N) is 1. The highest BCUT2D eigenvalue weighted by Crippen LogP contribution is 2.26. The van der Waals surface area contributed by atoms with Crippen LogP contribution in [0.15, 0.2) is 23.3 Å². The molecule has 8 nitrogen and oxygen atoms in total.